The van der Waals surface area contributed by atoms with Crippen LogP contribution in [0.3, 0.4) is 0 Å². The van der Waals surface area contributed by atoms with Gasteiger partial charge in [0, 0.05) is 0 Å². The van der Waals surface area contributed by atoms with Crippen LogP contribution in [0.5, 0.6) is 0 Å². The van der Waals surface area contributed by atoms with E-state index < -0.39 is 22.6 Å². The molecule has 2 unspecified atom stereocenters. The summed E-state index contributed by atoms with van der Waals surface area (Å²) in [4.78, 5) is 0. The Bertz CT molecular complexity index is 1830. The standard InChI is InChI=1S/2C19H19.C7H16Si.2CH3.Hf/c2*1-19(2,3)16-12-10-15(11-13-16)18-9-5-7-14-6-4-8-17(14)18;1-3-4-5-6-7-8-2;;;/h2*4-13H,1-3H3;3-7H2,1-2H3;2*1H3;. The summed E-state index contributed by atoms with van der Waals surface area (Å²) in [7, 11) is 0. The van der Waals surface area contributed by atoms with Gasteiger partial charge in [-0.1, -0.05) is 0 Å². The molecular formula is C47H60HfSi. The van der Waals surface area contributed by atoms with E-state index in [2.05, 4.69) is 174 Å². The first-order valence-corrected chi connectivity index (χ1v) is 37.9. The van der Waals surface area contributed by atoms with Crippen LogP contribution in [0.1, 0.15) is 115 Å². The predicted molar refractivity (Wildman–Crippen MR) is 217 cm³/mol. The molecule has 0 bridgehead atoms. The molecule has 2 atom stereocenters. The Morgan fingerprint density at radius 2 is 1.00 bits per heavy atom. The fourth-order valence-corrected chi connectivity index (χ4v) is 52.6. The van der Waals surface area contributed by atoms with Crippen molar-refractivity contribution in [1.29, 1.82) is 0 Å². The SMILES string of the molecule is CCCCCC[Si](C)=[Hf]([CH3])([CH3])([CH]1C=Cc2c(-c3ccc(C(C)(C)C)cc3)cccc21)[CH]1C=Cc2c(-c3ccc(C(C)(C)C)cc3)cccc21. The van der Waals surface area contributed by atoms with Crippen LogP contribution in [0.25, 0.3) is 34.4 Å². The minimum absolute atomic E-state index is 0.158. The van der Waals surface area contributed by atoms with Crippen LogP contribution in [0.2, 0.25) is 22.0 Å². The molecule has 0 fully saturated rings. The van der Waals surface area contributed by atoms with Gasteiger partial charge in [-0.3, -0.25) is 0 Å². The normalized spacial score (nSPS) is 17.4. The van der Waals surface area contributed by atoms with Gasteiger partial charge in [-0.2, -0.15) is 0 Å². The van der Waals surface area contributed by atoms with Crippen molar-refractivity contribution in [2.45, 2.75) is 114 Å². The molecule has 0 amide bonds. The Morgan fingerprint density at radius 3 is 1.39 bits per heavy atom. The van der Waals surface area contributed by atoms with Crippen molar-refractivity contribution in [3.63, 3.8) is 0 Å². The van der Waals surface area contributed by atoms with Gasteiger partial charge in [0.25, 0.3) is 0 Å². The van der Waals surface area contributed by atoms with E-state index in [9.17, 15) is 0 Å². The molecule has 49 heavy (non-hydrogen) atoms. The first-order chi connectivity index (χ1) is 23.1. The average Bonchev–Trinajstić information content (AvgIpc) is 3.72. The Morgan fingerprint density at radius 1 is 0.571 bits per heavy atom. The molecule has 0 saturated heterocycles. The molecule has 4 aromatic carbocycles. The van der Waals surface area contributed by atoms with Crippen LogP contribution in [-0.2, 0) is 28.0 Å². The fourth-order valence-electron chi connectivity index (χ4n) is 8.96. The predicted octanol–water partition coefficient (Wildman–Crippen LogP) is 14.4. The number of hydrogen-bond acceptors (Lipinski definition) is 0. The molecule has 0 N–H and O–H groups in total. The third-order valence-electron chi connectivity index (χ3n) is 12.7. The Labute approximate surface area is 299 Å². The summed E-state index contributed by atoms with van der Waals surface area (Å²) in [5.41, 5.74) is 14.1. The van der Waals surface area contributed by atoms with Crippen LogP contribution >= 0.6 is 0 Å². The summed E-state index contributed by atoms with van der Waals surface area (Å²) in [6, 6.07) is 34.6. The molecule has 6 rings (SSSR count). The fraction of sp³-hybridized carbons (Fsp3) is 0.404. The summed E-state index contributed by atoms with van der Waals surface area (Å²) in [5, 5.41) is 0. The first-order valence-electron chi connectivity index (χ1n) is 19.0. The Kier molecular flexibility index (Phi) is 10.0. The number of rotatable bonds is 9. The molecule has 0 nitrogen and oxygen atoms in total. The topological polar surface area (TPSA) is 0 Å². The second-order valence-corrected chi connectivity index (χ2v) is 65.5. The molecular weight excluding hydrogens is 771 g/mol. The molecule has 0 spiro atoms. The van der Waals surface area contributed by atoms with Gasteiger partial charge in [0.1, 0.15) is 0 Å². The van der Waals surface area contributed by atoms with Gasteiger partial charge in [0.15, 0.2) is 0 Å². The van der Waals surface area contributed by atoms with Crippen molar-refractivity contribution in [2.24, 2.45) is 0 Å². The first kappa shape index (κ1) is 36.2. The summed E-state index contributed by atoms with van der Waals surface area (Å²) in [6.45, 7) is 18.9. The average molecular weight is 832 g/mol. The second-order valence-electron chi connectivity index (χ2n) is 18.1. The van der Waals surface area contributed by atoms with E-state index in [0.29, 0.717) is 7.35 Å². The van der Waals surface area contributed by atoms with Gasteiger partial charge in [0.2, 0.25) is 0 Å². The van der Waals surface area contributed by atoms with Crippen molar-refractivity contribution >= 4 is 17.6 Å². The second kappa shape index (κ2) is 13.5. The Hall–Kier alpha value is -2.55. The number of fused-ring (bicyclic) bond motifs is 2. The minimum atomic E-state index is -3.87. The molecule has 0 radical (unpaired) electrons. The van der Waals surface area contributed by atoms with Crippen molar-refractivity contribution in [1.82, 2.24) is 0 Å². The van der Waals surface area contributed by atoms with Gasteiger partial charge in [-0.25, -0.2) is 0 Å². The van der Waals surface area contributed by atoms with E-state index in [-0.39, 0.29) is 10.8 Å². The van der Waals surface area contributed by atoms with Crippen molar-refractivity contribution in [2.75, 3.05) is 0 Å². The van der Waals surface area contributed by atoms with E-state index in [0.717, 1.165) is 0 Å². The third kappa shape index (κ3) is 6.67. The molecule has 0 heterocycles. The number of unbranched alkanes of at least 4 members (excludes halogenated alkanes) is 3. The molecule has 0 aliphatic heterocycles. The van der Waals surface area contributed by atoms with E-state index in [1.807, 2.05) is 0 Å². The van der Waals surface area contributed by atoms with Gasteiger partial charge in [0.05, 0.1) is 0 Å². The maximum absolute atomic E-state index is 3.87. The van der Waals surface area contributed by atoms with Gasteiger partial charge < -0.3 is 0 Å². The molecule has 0 aromatic heterocycles. The maximum atomic E-state index is 2.90. The van der Waals surface area contributed by atoms with Gasteiger partial charge >= 0.3 is 302 Å². The number of hydrogen-bond donors (Lipinski definition) is 0. The van der Waals surface area contributed by atoms with Crippen LogP contribution in [0.4, 0.5) is 0 Å². The molecule has 2 heteroatoms. The summed E-state index contributed by atoms with van der Waals surface area (Å²) in [5.74, 6) is 0. The van der Waals surface area contributed by atoms with Crippen LogP contribution in [0.15, 0.2) is 97.1 Å². The quantitative estimate of drug-likeness (QED) is 0.116. The molecule has 2 aliphatic rings. The molecule has 4 aromatic rings. The van der Waals surface area contributed by atoms with Crippen LogP contribution in [0, 0.1) is 0 Å². The summed E-state index contributed by atoms with van der Waals surface area (Å²) < 4.78 is 6.91. The third-order valence-corrected chi connectivity index (χ3v) is 70.6. The van der Waals surface area contributed by atoms with Gasteiger partial charge in [-0.05, 0) is 0 Å². The van der Waals surface area contributed by atoms with Crippen LogP contribution < -0.4 is 0 Å². The van der Waals surface area contributed by atoms with Gasteiger partial charge in [-0.15, -0.1) is 0 Å². The molecule has 2 aliphatic carbocycles. The Balaban J connectivity index is 1.47. The number of benzene rings is 4. The zero-order chi connectivity index (χ0) is 35.2. The zero-order valence-electron chi connectivity index (χ0n) is 32.1. The van der Waals surface area contributed by atoms with E-state index in [1.165, 1.54) is 76.2 Å². The van der Waals surface area contributed by atoms with Crippen LogP contribution in [-0.4, -0.2) is 5.49 Å². The van der Waals surface area contributed by atoms with E-state index >= 15 is 0 Å². The van der Waals surface area contributed by atoms with Crippen molar-refractivity contribution < 1.29 is 17.1 Å². The monoisotopic (exact) mass is 832 g/mol. The number of allylic oxidation sites excluding steroid dienone is 2. The van der Waals surface area contributed by atoms with Crippen molar-refractivity contribution in [3.8, 4) is 22.3 Å². The summed E-state index contributed by atoms with van der Waals surface area (Å²) >= 11 is -3.87. The van der Waals surface area contributed by atoms with Crippen molar-refractivity contribution in [3.05, 3.63) is 130 Å². The summed E-state index contributed by atoms with van der Waals surface area (Å²) in [6.07, 6.45) is 15.9. The molecule has 0 saturated carbocycles. The van der Waals surface area contributed by atoms with E-state index in [1.54, 1.807) is 11.1 Å². The zero-order valence-corrected chi connectivity index (χ0v) is 36.7. The molecule has 256 valence electrons. The van der Waals surface area contributed by atoms with E-state index in [4.69, 9.17) is 0 Å².